The summed E-state index contributed by atoms with van der Waals surface area (Å²) in [7, 11) is 0. The smallest absolute Gasteiger partial charge is 0.0456 e. The van der Waals surface area contributed by atoms with Gasteiger partial charge >= 0.3 is 0 Å². The van der Waals surface area contributed by atoms with Gasteiger partial charge in [-0.2, -0.15) is 11.8 Å². The quantitative estimate of drug-likeness (QED) is 0.888. The molecule has 1 aliphatic rings. The number of aromatic nitrogens is 1. The SMILES string of the molecule is NCC(c1c[nH]c2ccccc12)C1CCSCC1. The molecule has 0 amide bonds. The van der Waals surface area contributed by atoms with Crippen LogP contribution in [0.25, 0.3) is 10.9 Å². The van der Waals surface area contributed by atoms with Crippen molar-refractivity contribution in [3.63, 3.8) is 0 Å². The lowest BCUT2D eigenvalue weighted by Gasteiger charge is -2.29. The zero-order valence-electron chi connectivity index (χ0n) is 10.6. The summed E-state index contributed by atoms with van der Waals surface area (Å²) in [6.45, 7) is 0.761. The van der Waals surface area contributed by atoms with Crippen LogP contribution >= 0.6 is 11.8 Å². The lowest BCUT2D eigenvalue weighted by molar-refractivity contribution is 0.402. The number of H-pyrrole nitrogens is 1. The van der Waals surface area contributed by atoms with Crippen LogP contribution in [0.2, 0.25) is 0 Å². The third-order valence-electron chi connectivity index (χ3n) is 4.11. The summed E-state index contributed by atoms with van der Waals surface area (Å²) in [4.78, 5) is 3.38. The van der Waals surface area contributed by atoms with Crippen LogP contribution in [-0.2, 0) is 0 Å². The van der Waals surface area contributed by atoms with Gasteiger partial charge in [0.15, 0.2) is 0 Å². The molecule has 2 aromatic rings. The standard InChI is InChI=1S/C15H20N2S/c16-9-13(11-5-7-18-8-6-11)14-10-17-15-4-2-1-3-12(14)15/h1-4,10-11,13,17H,5-9,16H2. The Balaban J connectivity index is 1.95. The molecule has 2 heterocycles. The number of aromatic amines is 1. The molecule has 3 rings (SSSR count). The van der Waals surface area contributed by atoms with Crippen molar-refractivity contribution in [1.82, 2.24) is 4.98 Å². The highest BCUT2D eigenvalue weighted by Gasteiger charge is 2.25. The predicted octanol–water partition coefficient (Wildman–Crippen LogP) is 3.35. The van der Waals surface area contributed by atoms with Gasteiger partial charge in [-0.15, -0.1) is 0 Å². The van der Waals surface area contributed by atoms with Gasteiger partial charge in [0, 0.05) is 23.0 Å². The van der Waals surface area contributed by atoms with Crippen LogP contribution < -0.4 is 5.73 Å². The number of benzene rings is 1. The summed E-state index contributed by atoms with van der Waals surface area (Å²) in [5.74, 6) is 3.87. The molecule has 2 nitrogen and oxygen atoms in total. The molecule has 1 aromatic carbocycles. The first-order chi connectivity index (χ1) is 8.90. The zero-order chi connectivity index (χ0) is 12.4. The van der Waals surface area contributed by atoms with Gasteiger partial charge in [-0.25, -0.2) is 0 Å². The summed E-state index contributed by atoms with van der Waals surface area (Å²) in [6, 6.07) is 8.55. The molecule has 96 valence electrons. The average Bonchev–Trinajstić information content (AvgIpc) is 2.85. The van der Waals surface area contributed by atoms with Gasteiger partial charge in [0.1, 0.15) is 0 Å². The molecule has 1 aromatic heterocycles. The first kappa shape index (κ1) is 12.1. The van der Waals surface area contributed by atoms with Crippen molar-refractivity contribution in [2.24, 2.45) is 11.7 Å². The number of thioether (sulfide) groups is 1. The lowest BCUT2D eigenvalue weighted by Crippen LogP contribution is -2.24. The number of nitrogens with one attached hydrogen (secondary N) is 1. The van der Waals surface area contributed by atoms with Crippen molar-refractivity contribution < 1.29 is 0 Å². The summed E-state index contributed by atoms with van der Waals surface area (Å²) in [5, 5.41) is 1.35. The van der Waals surface area contributed by atoms with Crippen molar-refractivity contribution in [3.8, 4) is 0 Å². The van der Waals surface area contributed by atoms with Crippen molar-refractivity contribution in [2.75, 3.05) is 18.1 Å². The number of hydrogen-bond acceptors (Lipinski definition) is 2. The Hall–Kier alpha value is -0.930. The number of hydrogen-bond donors (Lipinski definition) is 2. The number of rotatable bonds is 3. The van der Waals surface area contributed by atoms with E-state index in [1.807, 2.05) is 0 Å². The fraction of sp³-hybridized carbons (Fsp3) is 0.467. The molecule has 3 heteroatoms. The van der Waals surface area contributed by atoms with Crippen molar-refractivity contribution in [2.45, 2.75) is 18.8 Å². The molecule has 1 saturated heterocycles. The summed E-state index contributed by atoms with van der Waals surface area (Å²) < 4.78 is 0. The minimum absolute atomic E-state index is 0.516. The fourth-order valence-electron chi connectivity index (χ4n) is 3.09. The third kappa shape index (κ3) is 2.17. The minimum Gasteiger partial charge on any atom is -0.361 e. The molecule has 0 aliphatic carbocycles. The van der Waals surface area contributed by atoms with Gasteiger partial charge in [-0.3, -0.25) is 0 Å². The van der Waals surface area contributed by atoms with Crippen LogP contribution in [0.3, 0.4) is 0 Å². The predicted molar refractivity (Wildman–Crippen MR) is 80.1 cm³/mol. The van der Waals surface area contributed by atoms with E-state index in [4.69, 9.17) is 5.73 Å². The highest BCUT2D eigenvalue weighted by atomic mass is 32.2. The second-order valence-electron chi connectivity index (χ2n) is 5.08. The molecule has 1 unspecified atom stereocenters. The number of para-hydroxylation sites is 1. The van der Waals surface area contributed by atoms with Gasteiger partial charge in [0.05, 0.1) is 0 Å². The van der Waals surface area contributed by atoms with E-state index < -0.39 is 0 Å². The Morgan fingerprint density at radius 3 is 2.83 bits per heavy atom. The van der Waals surface area contributed by atoms with Crippen LogP contribution in [0, 0.1) is 5.92 Å². The Bertz CT molecular complexity index is 514. The molecular weight excluding hydrogens is 240 g/mol. The van der Waals surface area contributed by atoms with E-state index in [1.165, 1.54) is 40.8 Å². The van der Waals surface area contributed by atoms with Crippen LogP contribution in [0.1, 0.15) is 24.3 Å². The largest absolute Gasteiger partial charge is 0.361 e. The normalized spacial score (nSPS) is 19.2. The molecule has 0 bridgehead atoms. The van der Waals surface area contributed by atoms with Crippen molar-refractivity contribution in [3.05, 3.63) is 36.0 Å². The molecule has 0 saturated carbocycles. The molecule has 0 radical (unpaired) electrons. The molecule has 1 fully saturated rings. The summed E-state index contributed by atoms with van der Waals surface area (Å²) in [5.41, 5.74) is 8.72. The van der Waals surface area contributed by atoms with E-state index in [-0.39, 0.29) is 0 Å². The molecule has 18 heavy (non-hydrogen) atoms. The Morgan fingerprint density at radius 2 is 2.06 bits per heavy atom. The van der Waals surface area contributed by atoms with Gasteiger partial charge in [0.25, 0.3) is 0 Å². The molecular formula is C15H20N2S. The Kier molecular flexibility index (Phi) is 3.62. The summed E-state index contributed by atoms with van der Waals surface area (Å²) >= 11 is 2.08. The minimum atomic E-state index is 0.516. The molecule has 0 spiro atoms. The van der Waals surface area contributed by atoms with E-state index >= 15 is 0 Å². The van der Waals surface area contributed by atoms with Gasteiger partial charge in [0.2, 0.25) is 0 Å². The van der Waals surface area contributed by atoms with Gasteiger partial charge in [-0.1, -0.05) is 18.2 Å². The van der Waals surface area contributed by atoms with Crippen LogP contribution in [-0.4, -0.2) is 23.0 Å². The Labute approximate surface area is 112 Å². The molecule has 1 aliphatic heterocycles. The topological polar surface area (TPSA) is 41.8 Å². The van der Waals surface area contributed by atoms with E-state index in [0.29, 0.717) is 5.92 Å². The maximum atomic E-state index is 6.07. The average molecular weight is 260 g/mol. The Morgan fingerprint density at radius 1 is 1.28 bits per heavy atom. The van der Waals surface area contributed by atoms with E-state index in [1.54, 1.807) is 0 Å². The highest BCUT2D eigenvalue weighted by molar-refractivity contribution is 7.99. The first-order valence-electron chi connectivity index (χ1n) is 6.74. The first-order valence-corrected chi connectivity index (χ1v) is 7.89. The third-order valence-corrected chi connectivity index (χ3v) is 5.16. The monoisotopic (exact) mass is 260 g/mol. The number of fused-ring (bicyclic) bond motifs is 1. The molecule has 3 N–H and O–H groups in total. The van der Waals surface area contributed by atoms with Crippen molar-refractivity contribution >= 4 is 22.7 Å². The zero-order valence-corrected chi connectivity index (χ0v) is 11.4. The van der Waals surface area contributed by atoms with Gasteiger partial charge < -0.3 is 10.7 Å². The fourth-order valence-corrected chi connectivity index (χ4v) is 4.24. The second-order valence-corrected chi connectivity index (χ2v) is 6.31. The van der Waals surface area contributed by atoms with E-state index in [2.05, 4.69) is 47.2 Å². The second kappa shape index (κ2) is 5.37. The van der Waals surface area contributed by atoms with E-state index in [9.17, 15) is 0 Å². The van der Waals surface area contributed by atoms with Crippen LogP contribution in [0.15, 0.2) is 30.5 Å². The van der Waals surface area contributed by atoms with Crippen molar-refractivity contribution in [1.29, 1.82) is 0 Å². The van der Waals surface area contributed by atoms with Crippen LogP contribution in [0.5, 0.6) is 0 Å². The molecule has 1 atom stereocenters. The summed E-state index contributed by atoms with van der Waals surface area (Å²) in [6.07, 6.45) is 4.79. The van der Waals surface area contributed by atoms with Gasteiger partial charge in [-0.05, 0) is 48.4 Å². The van der Waals surface area contributed by atoms with Crippen LogP contribution in [0.4, 0.5) is 0 Å². The maximum absolute atomic E-state index is 6.07. The number of nitrogens with two attached hydrogens (primary N) is 1. The lowest BCUT2D eigenvalue weighted by atomic mass is 9.82. The maximum Gasteiger partial charge on any atom is 0.0456 e. The highest BCUT2D eigenvalue weighted by Crippen LogP contribution is 2.37. The van der Waals surface area contributed by atoms with E-state index in [0.717, 1.165) is 12.5 Å².